The molecule has 0 amide bonds. The standard InChI is InChI=1S/C7H2Cl10F2/c8-3(1-2-18,6(13,14)15)4(9,10)5(11,12)7(16,17)19/h1-2H. The second kappa shape index (κ2) is 6.55. The zero-order chi connectivity index (χ0) is 15.9. The Hall–Kier alpha value is 2.50. The SMILES string of the molecule is FC=CC(Cl)(C(Cl)(Cl)Cl)C(Cl)(Cl)C(Cl)(Cl)C(F)(Cl)Cl. The van der Waals surface area contributed by atoms with Crippen molar-refractivity contribution in [2.75, 3.05) is 0 Å². The molecule has 0 heterocycles. The fraction of sp³-hybridized carbons (Fsp3) is 0.714. The monoisotopic (exact) mass is 474 g/mol. The van der Waals surface area contributed by atoms with E-state index in [4.69, 9.17) is 116 Å². The Labute approximate surface area is 158 Å². The van der Waals surface area contributed by atoms with Crippen LogP contribution in [0.15, 0.2) is 12.4 Å². The van der Waals surface area contributed by atoms with E-state index in [9.17, 15) is 8.78 Å². The van der Waals surface area contributed by atoms with Gasteiger partial charge in [0.2, 0.25) is 8.13 Å². The lowest BCUT2D eigenvalue weighted by molar-refractivity contribution is 0.322. The van der Waals surface area contributed by atoms with Crippen LogP contribution >= 0.6 is 116 Å². The van der Waals surface area contributed by atoms with Gasteiger partial charge in [-0.15, -0.1) is 11.6 Å². The lowest BCUT2D eigenvalue weighted by Crippen LogP contribution is -2.62. The fourth-order valence-electron chi connectivity index (χ4n) is 0.870. The molecule has 0 fully saturated rings. The lowest BCUT2D eigenvalue weighted by Gasteiger charge is -2.47. The predicted molar refractivity (Wildman–Crippen MR) is 83.5 cm³/mol. The quantitative estimate of drug-likeness (QED) is 0.373. The van der Waals surface area contributed by atoms with Crippen LogP contribution < -0.4 is 0 Å². The van der Waals surface area contributed by atoms with Crippen LogP contribution in [0.5, 0.6) is 0 Å². The van der Waals surface area contributed by atoms with Crippen LogP contribution in [0.25, 0.3) is 0 Å². The summed E-state index contributed by atoms with van der Waals surface area (Å²) < 4.78 is 14.3. The van der Waals surface area contributed by atoms with Crippen molar-refractivity contribution in [1.29, 1.82) is 0 Å². The van der Waals surface area contributed by atoms with E-state index in [1.807, 2.05) is 0 Å². The summed E-state index contributed by atoms with van der Waals surface area (Å²) in [4.78, 5) is -2.60. The van der Waals surface area contributed by atoms with Gasteiger partial charge in [0, 0.05) is 0 Å². The van der Waals surface area contributed by atoms with Crippen LogP contribution in [0.1, 0.15) is 0 Å². The molecule has 0 radical (unpaired) electrons. The lowest BCUT2D eigenvalue weighted by atomic mass is 10.0. The topological polar surface area (TPSA) is 0 Å². The van der Waals surface area contributed by atoms with E-state index < -0.39 is 21.9 Å². The summed E-state index contributed by atoms with van der Waals surface area (Å²) >= 11 is 55.4. The van der Waals surface area contributed by atoms with Gasteiger partial charge in [-0.05, 0) is 6.08 Å². The average Bonchev–Trinajstić information content (AvgIpc) is 2.13. The zero-order valence-corrected chi connectivity index (χ0v) is 15.7. The van der Waals surface area contributed by atoms with Crippen molar-refractivity contribution in [3.05, 3.63) is 12.4 Å². The summed E-state index contributed by atoms with van der Waals surface area (Å²) in [6.07, 6.45) is 0.265. The van der Waals surface area contributed by atoms with E-state index in [0.29, 0.717) is 6.08 Å². The molecule has 1 atom stereocenters. The smallest absolute Gasteiger partial charge is 0.216 e. The molecule has 0 aromatic carbocycles. The maximum Gasteiger partial charge on any atom is 0.293 e. The molecule has 12 heteroatoms. The van der Waals surface area contributed by atoms with Crippen LogP contribution in [-0.2, 0) is 0 Å². The van der Waals surface area contributed by atoms with Crippen molar-refractivity contribution in [3.63, 3.8) is 0 Å². The van der Waals surface area contributed by atoms with E-state index in [1.54, 1.807) is 0 Å². The molecule has 0 saturated heterocycles. The third-order valence-corrected chi connectivity index (χ3v) is 7.58. The molecular weight excluding hydrogens is 477 g/mol. The van der Waals surface area contributed by atoms with E-state index in [1.165, 1.54) is 0 Å². The highest BCUT2D eigenvalue weighted by atomic mass is 35.6. The highest BCUT2D eigenvalue weighted by Gasteiger charge is 2.73. The molecule has 0 N–H and O–H groups in total. The summed E-state index contributed by atoms with van der Waals surface area (Å²) in [5.41, 5.74) is 0. The maximum atomic E-state index is 13.6. The van der Waals surface area contributed by atoms with Crippen molar-refractivity contribution in [2.45, 2.75) is 21.9 Å². The zero-order valence-electron chi connectivity index (χ0n) is 8.19. The molecule has 0 aliphatic rings. The normalized spacial score (nSPS) is 18.7. The third kappa shape index (κ3) is 3.88. The van der Waals surface area contributed by atoms with E-state index in [2.05, 4.69) is 0 Å². The molecule has 0 aliphatic carbocycles. The first-order valence-corrected chi connectivity index (χ1v) is 7.70. The van der Waals surface area contributed by atoms with Crippen LogP contribution in [0.4, 0.5) is 8.78 Å². The van der Waals surface area contributed by atoms with Crippen LogP contribution in [0.2, 0.25) is 0 Å². The largest absolute Gasteiger partial charge is 0.293 e. The molecule has 0 spiro atoms. The van der Waals surface area contributed by atoms with Gasteiger partial charge in [0.05, 0.1) is 6.33 Å². The minimum absolute atomic E-state index is 0.152. The van der Waals surface area contributed by atoms with Crippen molar-refractivity contribution in [2.24, 2.45) is 0 Å². The summed E-state index contributed by atoms with van der Waals surface area (Å²) in [6.45, 7) is 0. The van der Waals surface area contributed by atoms with Crippen molar-refractivity contribution >= 4 is 116 Å². The van der Waals surface area contributed by atoms with Gasteiger partial charge in [-0.3, -0.25) is 0 Å². The number of alkyl halides is 11. The molecule has 0 rings (SSSR count). The molecule has 0 aromatic heterocycles. The molecule has 114 valence electrons. The number of hydrogen-bond acceptors (Lipinski definition) is 0. The summed E-state index contributed by atoms with van der Waals surface area (Å²) in [7, 11) is 0. The Bertz CT molecular complexity index is 354. The summed E-state index contributed by atoms with van der Waals surface area (Å²) in [5, 5.41) is 0. The van der Waals surface area contributed by atoms with Gasteiger partial charge in [0.25, 0.3) is 4.59 Å². The fourth-order valence-corrected chi connectivity index (χ4v) is 3.51. The van der Waals surface area contributed by atoms with Gasteiger partial charge in [-0.25, -0.2) is 8.78 Å². The number of halogens is 12. The van der Waals surface area contributed by atoms with E-state index in [-0.39, 0.29) is 6.33 Å². The Morgan fingerprint density at radius 3 is 1.26 bits per heavy atom. The maximum absolute atomic E-state index is 13.6. The third-order valence-electron chi connectivity index (χ3n) is 1.91. The van der Waals surface area contributed by atoms with Gasteiger partial charge in [0.15, 0.2) is 4.33 Å². The van der Waals surface area contributed by atoms with Crippen LogP contribution in [0.3, 0.4) is 0 Å². The first kappa shape index (κ1) is 21.5. The van der Waals surface area contributed by atoms with Gasteiger partial charge in [-0.1, -0.05) is 104 Å². The van der Waals surface area contributed by atoms with Crippen LogP contribution in [-0.4, -0.2) is 21.9 Å². The van der Waals surface area contributed by atoms with Crippen molar-refractivity contribution < 1.29 is 8.78 Å². The number of rotatable bonds is 4. The van der Waals surface area contributed by atoms with Crippen LogP contribution in [0, 0.1) is 0 Å². The van der Waals surface area contributed by atoms with E-state index in [0.717, 1.165) is 0 Å². The minimum atomic E-state index is -3.40. The first-order chi connectivity index (χ1) is 8.06. The van der Waals surface area contributed by atoms with Gasteiger partial charge < -0.3 is 0 Å². The number of hydrogen-bond donors (Lipinski definition) is 0. The predicted octanol–water partition coefficient (Wildman–Crippen LogP) is 7.27. The molecular formula is C7H2Cl10F2. The van der Waals surface area contributed by atoms with Crippen molar-refractivity contribution in [1.82, 2.24) is 0 Å². The Morgan fingerprint density at radius 2 is 1.05 bits per heavy atom. The van der Waals surface area contributed by atoms with Crippen molar-refractivity contribution in [3.8, 4) is 0 Å². The van der Waals surface area contributed by atoms with Gasteiger partial charge in [0.1, 0.15) is 4.87 Å². The summed E-state index contributed by atoms with van der Waals surface area (Å²) in [5.74, 6) is 0. The average molecular weight is 479 g/mol. The molecule has 0 bridgehead atoms. The summed E-state index contributed by atoms with van der Waals surface area (Å²) in [6, 6.07) is 0. The molecule has 0 saturated carbocycles. The Morgan fingerprint density at radius 1 is 0.684 bits per heavy atom. The molecule has 0 nitrogen and oxygen atoms in total. The molecule has 0 aliphatic heterocycles. The second-order valence-corrected chi connectivity index (χ2v) is 9.92. The number of allylic oxidation sites excluding steroid dienone is 1. The molecule has 1 unspecified atom stereocenters. The van der Waals surface area contributed by atoms with Gasteiger partial charge >= 0.3 is 0 Å². The Balaban J connectivity index is 6.12. The first-order valence-electron chi connectivity index (χ1n) is 3.92. The molecule has 0 aromatic rings. The molecule has 19 heavy (non-hydrogen) atoms. The second-order valence-electron chi connectivity index (χ2n) is 3.15. The van der Waals surface area contributed by atoms with Gasteiger partial charge in [-0.2, -0.15) is 0 Å². The minimum Gasteiger partial charge on any atom is -0.216 e. The van der Waals surface area contributed by atoms with E-state index >= 15 is 0 Å². The highest BCUT2D eigenvalue weighted by molar-refractivity contribution is 6.76. The highest BCUT2D eigenvalue weighted by Crippen LogP contribution is 2.65. The Kier molecular flexibility index (Phi) is 7.41.